The van der Waals surface area contributed by atoms with Gasteiger partial charge in [-0.05, 0) is 12.8 Å². The van der Waals surface area contributed by atoms with Crippen molar-refractivity contribution in [3.8, 4) is 0 Å². The van der Waals surface area contributed by atoms with Crippen LogP contribution in [0, 0.1) is 0 Å². The average Bonchev–Trinajstić information content (AvgIpc) is 2.21. The second kappa shape index (κ2) is 8.15. The lowest BCUT2D eigenvalue weighted by Gasteiger charge is -2.05. The molecule has 0 aliphatic rings. The van der Waals surface area contributed by atoms with E-state index in [9.17, 15) is 4.79 Å². The van der Waals surface area contributed by atoms with Gasteiger partial charge in [-0.15, -0.1) is 0 Å². The summed E-state index contributed by atoms with van der Waals surface area (Å²) in [6, 6.07) is -0.175. The molecule has 6 nitrogen and oxygen atoms in total. The maximum absolute atomic E-state index is 11.0. The van der Waals surface area contributed by atoms with E-state index in [0.29, 0.717) is 25.9 Å². The molecule has 0 aromatic heterocycles. The molecular formula is C8H18N4O2. The third kappa shape index (κ3) is 7.20. The molecule has 0 aromatic carbocycles. The van der Waals surface area contributed by atoms with Crippen LogP contribution in [0.2, 0.25) is 0 Å². The van der Waals surface area contributed by atoms with Crippen molar-refractivity contribution in [1.82, 2.24) is 10.6 Å². The van der Waals surface area contributed by atoms with Gasteiger partial charge in [0, 0.05) is 19.5 Å². The molecule has 0 heterocycles. The topological polar surface area (TPSA) is 99.7 Å². The number of hydrogen-bond acceptors (Lipinski definition) is 3. The lowest BCUT2D eigenvalue weighted by atomic mass is 10.3. The summed E-state index contributed by atoms with van der Waals surface area (Å²) in [5, 5.41) is 16.4. The fourth-order valence-corrected chi connectivity index (χ4v) is 0.822. The highest BCUT2D eigenvalue weighted by molar-refractivity contribution is 5.79. The van der Waals surface area contributed by atoms with Crippen LogP contribution in [0.4, 0.5) is 4.79 Å². The first-order valence-corrected chi connectivity index (χ1v) is 4.68. The van der Waals surface area contributed by atoms with Gasteiger partial charge in [0.1, 0.15) is 5.84 Å². The Morgan fingerprint density at radius 1 is 1.43 bits per heavy atom. The smallest absolute Gasteiger partial charge is 0.314 e. The fraction of sp³-hybridized carbons (Fsp3) is 0.750. The summed E-state index contributed by atoms with van der Waals surface area (Å²) in [6.07, 6.45) is 2.05. The molecule has 82 valence electrons. The fourth-order valence-electron chi connectivity index (χ4n) is 0.822. The van der Waals surface area contributed by atoms with Gasteiger partial charge in [0.15, 0.2) is 0 Å². The first-order chi connectivity index (χ1) is 6.70. The van der Waals surface area contributed by atoms with Crippen LogP contribution >= 0.6 is 0 Å². The van der Waals surface area contributed by atoms with E-state index in [2.05, 4.69) is 15.8 Å². The Labute approximate surface area is 83.5 Å². The van der Waals surface area contributed by atoms with Crippen LogP contribution in [-0.2, 0) is 0 Å². The highest BCUT2D eigenvalue weighted by Crippen LogP contribution is 1.86. The van der Waals surface area contributed by atoms with Gasteiger partial charge in [0.2, 0.25) is 0 Å². The van der Waals surface area contributed by atoms with Crippen molar-refractivity contribution in [2.24, 2.45) is 10.9 Å². The zero-order valence-corrected chi connectivity index (χ0v) is 8.42. The molecule has 0 atom stereocenters. The number of carbonyl (C=O) groups excluding carboxylic acids is 1. The Hall–Kier alpha value is -1.46. The Kier molecular flexibility index (Phi) is 7.30. The zero-order valence-electron chi connectivity index (χ0n) is 8.42. The van der Waals surface area contributed by atoms with Gasteiger partial charge >= 0.3 is 6.03 Å². The number of rotatable bonds is 6. The summed E-state index contributed by atoms with van der Waals surface area (Å²) >= 11 is 0. The molecule has 0 saturated carbocycles. The minimum Gasteiger partial charge on any atom is -0.409 e. The number of oxime groups is 1. The molecular weight excluding hydrogens is 184 g/mol. The largest absolute Gasteiger partial charge is 0.409 e. The van der Waals surface area contributed by atoms with E-state index < -0.39 is 0 Å². The van der Waals surface area contributed by atoms with E-state index in [1.807, 2.05) is 6.92 Å². The van der Waals surface area contributed by atoms with Crippen LogP contribution in [0.25, 0.3) is 0 Å². The van der Waals surface area contributed by atoms with E-state index in [0.717, 1.165) is 6.42 Å². The molecule has 0 spiro atoms. The van der Waals surface area contributed by atoms with E-state index in [-0.39, 0.29) is 11.9 Å². The molecule has 5 N–H and O–H groups in total. The molecule has 0 bridgehead atoms. The Balaban J connectivity index is 3.31. The zero-order chi connectivity index (χ0) is 10.8. The summed E-state index contributed by atoms with van der Waals surface area (Å²) in [7, 11) is 0. The van der Waals surface area contributed by atoms with Gasteiger partial charge in [-0.1, -0.05) is 12.1 Å². The normalized spacial score (nSPS) is 11.1. The molecule has 6 heteroatoms. The number of amides is 2. The number of nitrogens with zero attached hydrogens (tertiary/aromatic N) is 1. The minimum atomic E-state index is -0.175. The summed E-state index contributed by atoms with van der Waals surface area (Å²) < 4.78 is 0. The molecule has 0 aliphatic carbocycles. The quantitative estimate of drug-likeness (QED) is 0.163. The molecule has 0 saturated heterocycles. The Morgan fingerprint density at radius 3 is 2.64 bits per heavy atom. The molecule has 0 aliphatic heterocycles. The van der Waals surface area contributed by atoms with E-state index in [1.54, 1.807) is 0 Å². The SMILES string of the molecule is CCCNC(=O)NCCCC(N)=NO. The summed E-state index contributed by atoms with van der Waals surface area (Å²) in [4.78, 5) is 11.0. The van der Waals surface area contributed by atoms with Crippen molar-refractivity contribution in [3.63, 3.8) is 0 Å². The van der Waals surface area contributed by atoms with Crippen LogP contribution in [0.3, 0.4) is 0 Å². The van der Waals surface area contributed by atoms with E-state index in [4.69, 9.17) is 10.9 Å². The van der Waals surface area contributed by atoms with Crippen LogP contribution < -0.4 is 16.4 Å². The highest BCUT2D eigenvalue weighted by Gasteiger charge is 1.98. The minimum absolute atomic E-state index is 0.175. The third-order valence-corrected chi connectivity index (χ3v) is 1.56. The molecule has 0 fully saturated rings. The number of nitrogens with two attached hydrogens (primary N) is 1. The van der Waals surface area contributed by atoms with Crippen molar-refractivity contribution in [3.05, 3.63) is 0 Å². The Bertz CT molecular complexity index is 194. The second-order valence-corrected chi connectivity index (χ2v) is 2.88. The van der Waals surface area contributed by atoms with Gasteiger partial charge in [-0.2, -0.15) is 0 Å². The summed E-state index contributed by atoms with van der Waals surface area (Å²) in [6.45, 7) is 3.18. The number of nitrogens with one attached hydrogen (secondary N) is 2. The second-order valence-electron chi connectivity index (χ2n) is 2.88. The van der Waals surface area contributed by atoms with Crippen LogP contribution in [-0.4, -0.2) is 30.2 Å². The predicted octanol–water partition coefficient (Wildman–Crippen LogP) is 0.222. The van der Waals surface area contributed by atoms with Gasteiger partial charge in [0.05, 0.1) is 0 Å². The van der Waals surface area contributed by atoms with Gasteiger partial charge in [-0.3, -0.25) is 0 Å². The van der Waals surface area contributed by atoms with Crippen LogP contribution in [0.15, 0.2) is 5.16 Å². The van der Waals surface area contributed by atoms with Gasteiger partial charge in [-0.25, -0.2) is 4.79 Å². The lowest BCUT2D eigenvalue weighted by Crippen LogP contribution is -2.36. The van der Waals surface area contributed by atoms with Crippen molar-refractivity contribution in [1.29, 1.82) is 0 Å². The molecule has 0 radical (unpaired) electrons. The summed E-state index contributed by atoms with van der Waals surface area (Å²) in [5.41, 5.74) is 5.24. The summed E-state index contributed by atoms with van der Waals surface area (Å²) in [5.74, 6) is 0.181. The molecule has 0 aromatic rings. The predicted molar refractivity (Wildman–Crippen MR) is 54.3 cm³/mol. The Morgan fingerprint density at radius 2 is 2.07 bits per heavy atom. The standard InChI is InChI=1S/C8H18N4O2/c1-2-5-10-8(13)11-6-3-4-7(9)12-14/h14H,2-6H2,1H3,(H2,9,12)(H2,10,11,13). The van der Waals surface area contributed by atoms with Crippen LogP contribution in [0.1, 0.15) is 26.2 Å². The van der Waals surface area contributed by atoms with Crippen molar-refractivity contribution in [2.75, 3.05) is 13.1 Å². The number of carbonyl (C=O) groups is 1. The molecule has 0 unspecified atom stereocenters. The monoisotopic (exact) mass is 202 g/mol. The highest BCUT2D eigenvalue weighted by atomic mass is 16.4. The molecule has 0 rings (SSSR count). The van der Waals surface area contributed by atoms with E-state index in [1.165, 1.54) is 0 Å². The first kappa shape index (κ1) is 12.5. The number of urea groups is 1. The molecule has 2 amide bonds. The molecule has 14 heavy (non-hydrogen) atoms. The number of amidine groups is 1. The number of hydrogen-bond donors (Lipinski definition) is 4. The van der Waals surface area contributed by atoms with Crippen molar-refractivity contribution >= 4 is 11.9 Å². The third-order valence-electron chi connectivity index (χ3n) is 1.56. The maximum Gasteiger partial charge on any atom is 0.314 e. The van der Waals surface area contributed by atoms with Gasteiger partial charge in [0.25, 0.3) is 0 Å². The van der Waals surface area contributed by atoms with Crippen molar-refractivity contribution in [2.45, 2.75) is 26.2 Å². The van der Waals surface area contributed by atoms with Gasteiger partial charge < -0.3 is 21.6 Å². The van der Waals surface area contributed by atoms with E-state index >= 15 is 0 Å². The lowest BCUT2D eigenvalue weighted by molar-refractivity contribution is 0.241. The first-order valence-electron chi connectivity index (χ1n) is 4.68. The maximum atomic E-state index is 11.0. The van der Waals surface area contributed by atoms with Crippen LogP contribution in [0.5, 0.6) is 0 Å². The average molecular weight is 202 g/mol. The van der Waals surface area contributed by atoms with Crippen molar-refractivity contribution < 1.29 is 10.0 Å².